The molecule has 2 aromatic rings. The highest BCUT2D eigenvalue weighted by Gasteiger charge is 2.26. The standard InChI is InChI=1S/C20H21FO4/c1-2-24-19(12-20(22)23)13-6-8-14(9-7-13)25-18-11-10-15-16(18)4-3-5-17(15)21/h3-9,18-19H,2,10-12H2,1H3,(H,22,23)/t18?,19-/m0/s1. The molecule has 0 aliphatic heterocycles. The minimum absolute atomic E-state index is 0.0800. The Morgan fingerprint density at radius 3 is 2.72 bits per heavy atom. The van der Waals surface area contributed by atoms with Crippen LogP contribution in [-0.2, 0) is 16.0 Å². The number of carboxylic acids is 1. The molecule has 0 amide bonds. The Balaban J connectivity index is 1.71. The largest absolute Gasteiger partial charge is 0.486 e. The summed E-state index contributed by atoms with van der Waals surface area (Å²) in [5.41, 5.74) is 2.44. The van der Waals surface area contributed by atoms with Crippen molar-refractivity contribution in [2.45, 2.75) is 38.4 Å². The van der Waals surface area contributed by atoms with E-state index in [1.54, 1.807) is 18.2 Å². The Morgan fingerprint density at radius 2 is 2.04 bits per heavy atom. The summed E-state index contributed by atoms with van der Waals surface area (Å²) in [5.74, 6) is -0.396. The van der Waals surface area contributed by atoms with E-state index >= 15 is 0 Å². The maximum Gasteiger partial charge on any atom is 0.306 e. The third kappa shape index (κ3) is 3.99. The second-order valence-electron chi connectivity index (χ2n) is 6.06. The van der Waals surface area contributed by atoms with Gasteiger partial charge in [0.1, 0.15) is 17.7 Å². The molecular weight excluding hydrogens is 323 g/mol. The first-order valence-electron chi connectivity index (χ1n) is 8.45. The van der Waals surface area contributed by atoms with Crippen molar-refractivity contribution in [1.82, 2.24) is 0 Å². The maximum atomic E-state index is 13.8. The predicted molar refractivity (Wildman–Crippen MR) is 91.2 cm³/mol. The van der Waals surface area contributed by atoms with Crippen molar-refractivity contribution in [2.75, 3.05) is 6.61 Å². The molecule has 0 aromatic heterocycles. The van der Waals surface area contributed by atoms with Crippen LogP contribution in [0.3, 0.4) is 0 Å². The van der Waals surface area contributed by atoms with Gasteiger partial charge in [-0.25, -0.2) is 4.39 Å². The molecule has 1 unspecified atom stereocenters. The molecule has 0 bridgehead atoms. The van der Waals surface area contributed by atoms with Crippen molar-refractivity contribution in [1.29, 1.82) is 0 Å². The summed E-state index contributed by atoms with van der Waals surface area (Å²) < 4.78 is 25.3. The van der Waals surface area contributed by atoms with Crippen molar-refractivity contribution in [2.24, 2.45) is 0 Å². The van der Waals surface area contributed by atoms with Crippen LogP contribution in [-0.4, -0.2) is 17.7 Å². The lowest BCUT2D eigenvalue weighted by molar-refractivity contribution is -0.140. The lowest BCUT2D eigenvalue weighted by Crippen LogP contribution is -2.10. The van der Waals surface area contributed by atoms with Crippen LogP contribution in [0.4, 0.5) is 4.39 Å². The van der Waals surface area contributed by atoms with Gasteiger partial charge in [-0.3, -0.25) is 4.79 Å². The van der Waals surface area contributed by atoms with Crippen LogP contribution in [0.15, 0.2) is 42.5 Å². The number of hydrogen-bond donors (Lipinski definition) is 1. The summed E-state index contributed by atoms with van der Waals surface area (Å²) in [7, 11) is 0. The fourth-order valence-electron chi connectivity index (χ4n) is 3.25. The Bertz CT molecular complexity index is 742. The van der Waals surface area contributed by atoms with Gasteiger partial charge in [-0.1, -0.05) is 24.3 Å². The highest BCUT2D eigenvalue weighted by Crippen LogP contribution is 2.36. The third-order valence-electron chi connectivity index (χ3n) is 4.42. The lowest BCUT2D eigenvalue weighted by Gasteiger charge is -2.18. The van der Waals surface area contributed by atoms with Gasteiger partial charge < -0.3 is 14.6 Å². The number of hydrogen-bond acceptors (Lipinski definition) is 3. The number of ether oxygens (including phenoxy) is 2. The van der Waals surface area contributed by atoms with Gasteiger partial charge in [-0.05, 0) is 54.7 Å². The minimum Gasteiger partial charge on any atom is -0.486 e. The third-order valence-corrected chi connectivity index (χ3v) is 4.42. The van der Waals surface area contributed by atoms with E-state index in [4.69, 9.17) is 14.6 Å². The van der Waals surface area contributed by atoms with Crippen molar-refractivity contribution in [3.8, 4) is 5.75 Å². The number of aliphatic carboxylic acids is 1. The summed E-state index contributed by atoms with van der Waals surface area (Å²) in [5, 5.41) is 9.00. The summed E-state index contributed by atoms with van der Waals surface area (Å²) in [6, 6.07) is 12.3. The topological polar surface area (TPSA) is 55.8 Å². The molecule has 5 heteroatoms. The van der Waals surface area contributed by atoms with Crippen LogP contribution >= 0.6 is 0 Å². The molecule has 1 aliphatic carbocycles. The van der Waals surface area contributed by atoms with Gasteiger partial charge in [0.2, 0.25) is 0 Å². The van der Waals surface area contributed by atoms with E-state index in [-0.39, 0.29) is 18.3 Å². The second kappa shape index (κ2) is 7.66. The molecule has 0 saturated heterocycles. The molecule has 0 spiro atoms. The highest BCUT2D eigenvalue weighted by molar-refractivity contribution is 5.67. The molecule has 0 heterocycles. The second-order valence-corrected chi connectivity index (χ2v) is 6.06. The van der Waals surface area contributed by atoms with Crippen molar-refractivity contribution >= 4 is 5.97 Å². The van der Waals surface area contributed by atoms with E-state index in [0.717, 1.165) is 23.1 Å². The van der Waals surface area contributed by atoms with Gasteiger partial charge >= 0.3 is 5.97 Å². The molecule has 25 heavy (non-hydrogen) atoms. The quantitative estimate of drug-likeness (QED) is 0.806. The summed E-state index contributed by atoms with van der Waals surface area (Å²) in [6.07, 6.45) is 0.716. The monoisotopic (exact) mass is 344 g/mol. The number of fused-ring (bicyclic) bond motifs is 1. The average Bonchev–Trinajstić information content (AvgIpc) is 2.99. The van der Waals surface area contributed by atoms with Gasteiger partial charge in [0.05, 0.1) is 12.5 Å². The molecule has 0 saturated carbocycles. The van der Waals surface area contributed by atoms with Crippen molar-refractivity contribution < 1.29 is 23.8 Å². The van der Waals surface area contributed by atoms with E-state index in [1.807, 2.05) is 25.1 Å². The van der Waals surface area contributed by atoms with Crippen molar-refractivity contribution in [3.63, 3.8) is 0 Å². The van der Waals surface area contributed by atoms with E-state index in [9.17, 15) is 9.18 Å². The Labute approximate surface area is 146 Å². The minimum atomic E-state index is -0.900. The first-order chi connectivity index (χ1) is 12.1. The molecule has 132 valence electrons. The molecular formula is C20H21FO4. The van der Waals surface area contributed by atoms with Crippen LogP contribution in [0.2, 0.25) is 0 Å². The molecule has 2 atom stereocenters. The van der Waals surface area contributed by atoms with Crippen LogP contribution in [0.25, 0.3) is 0 Å². The zero-order valence-electron chi connectivity index (χ0n) is 14.1. The SMILES string of the molecule is CCO[C@@H](CC(=O)O)c1ccc(OC2CCc3c(F)cccc32)cc1. The maximum absolute atomic E-state index is 13.8. The summed E-state index contributed by atoms with van der Waals surface area (Å²) in [6.45, 7) is 2.28. The fourth-order valence-corrected chi connectivity index (χ4v) is 3.25. The zero-order chi connectivity index (χ0) is 17.8. The molecule has 0 radical (unpaired) electrons. The molecule has 2 aromatic carbocycles. The van der Waals surface area contributed by atoms with E-state index < -0.39 is 12.1 Å². The Hall–Kier alpha value is -2.40. The van der Waals surface area contributed by atoms with Crippen LogP contribution in [0, 0.1) is 5.82 Å². The molecule has 1 aliphatic rings. The van der Waals surface area contributed by atoms with Gasteiger partial charge in [-0.2, -0.15) is 0 Å². The van der Waals surface area contributed by atoms with E-state index in [1.165, 1.54) is 6.07 Å². The smallest absolute Gasteiger partial charge is 0.306 e. The van der Waals surface area contributed by atoms with Crippen LogP contribution in [0.1, 0.15) is 48.7 Å². The fraction of sp³-hybridized carbons (Fsp3) is 0.350. The Kier molecular flexibility index (Phi) is 5.34. The van der Waals surface area contributed by atoms with Gasteiger partial charge in [0.15, 0.2) is 0 Å². The number of carbonyl (C=O) groups is 1. The summed E-state index contributed by atoms with van der Waals surface area (Å²) in [4.78, 5) is 11.0. The normalized spacial score (nSPS) is 17.1. The van der Waals surface area contributed by atoms with Gasteiger partial charge in [-0.15, -0.1) is 0 Å². The average molecular weight is 344 g/mol. The molecule has 4 nitrogen and oxygen atoms in total. The number of carboxylic acid groups (broad SMARTS) is 1. The molecule has 3 rings (SSSR count). The van der Waals surface area contributed by atoms with Crippen LogP contribution in [0.5, 0.6) is 5.75 Å². The lowest BCUT2D eigenvalue weighted by atomic mass is 10.1. The number of benzene rings is 2. The van der Waals surface area contributed by atoms with E-state index in [0.29, 0.717) is 18.8 Å². The first-order valence-corrected chi connectivity index (χ1v) is 8.45. The number of halogens is 1. The zero-order valence-corrected chi connectivity index (χ0v) is 14.1. The van der Waals surface area contributed by atoms with Crippen molar-refractivity contribution in [3.05, 3.63) is 65.0 Å². The Morgan fingerprint density at radius 1 is 1.28 bits per heavy atom. The van der Waals surface area contributed by atoms with Gasteiger partial charge in [0.25, 0.3) is 0 Å². The van der Waals surface area contributed by atoms with E-state index in [2.05, 4.69) is 0 Å². The molecule has 1 N–H and O–H groups in total. The summed E-state index contributed by atoms with van der Waals surface area (Å²) >= 11 is 0. The highest BCUT2D eigenvalue weighted by atomic mass is 19.1. The number of rotatable bonds is 7. The van der Waals surface area contributed by atoms with Crippen LogP contribution < -0.4 is 4.74 Å². The first kappa shape index (κ1) is 17.4. The molecule has 0 fully saturated rings. The predicted octanol–water partition coefficient (Wildman–Crippen LogP) is 4.44. The van der Waals surface area contributed by atoms with Gasteiger partial charge in [0, 0.05) is 6.61 Å².